The molecular formula is C14H19N5O. The summed E-state index contributed by atoms with van der Waals surface area (Å²) in [5.41, 5.74) is 1.16. The third-order valence-corrected chi connectivity index (χ3v) is 3.83. The van der Waals surface area contributed by atoms with E-state index in [9.17, 15) is 0 Å². The van der Waals surface area contributed by atoms with Gasteiger partial charge in [-0.3, -0.25) is 0 Å². The van der Waals surface area contributed by atoms with Crippen molar-refractivity contribution in [2.24, 2.45) is 5.92 Å². The smallest absolute Gasteiger partial charge is 0.162 e. The Kier molecular flexibility index (Phi) is 3.92. The van der Waals surface area contributed by atoms with Gasteiger partial charge in [0.2, 0.25) is 0 Å². The van der Waals surface area contributed by atoms with Crippen LogP contribution in [0, 0.1) is 5.92 Å². The molecule has 1 aliphatic heterocycles. The molecule has 0 aliphatic carbocycles. The predicted octanol–water partition coefficient (Wildman–Crippen LogP) is 1.27. The van der Waals surface area contributed by atoms with Gasteiger partial charge in [-0.25, -0.2) is 0 Å². The Labute approximate surface area is 118 Å². The Morgan fingerprint density at radius 1 is 1.45 bits per heavy atom. The van der Waals surface area contributed by atoms with E-state index in [4.69, 9.17) is 4.74 Å². The lowest BCUT2D eigenvalue weighted by molar-refractivity contribution is 0.261. The van der Waals surface area contributed by atoms with Crippen molar-refractivity contribution in [2.45, 2.75) is 18.9 Å². The lowest BCUT2D eigenvalue weighted by Gasteiger charge is -2.30. The van der Waals surface area contributed by atoms with Gasteiger partial charge in [-0.15, -0.1) is 10.2 Å². The number of piperidine rings is 1. The maximum absolute atomic E-state index is 5.33. The number of hydrogen-bond acceptors (Lipinski definition) is 5. The molecule has 0 spiro atoms. The molecule has 0 saturated carbocycles. The minimum absolute atomic E-state index is 0.0976. The Balaban J connectivity index is 1.95. The fraction of sp³-hybridized carbons (Fsp3) is 0.500. The number of hydrogen-bond donors (Lipinski definition) is 1. The van der Waals surface area contributed by atoms with Gasteiger partial charge in [0.15, 0.2) is 6.33 Å². The van der Waals surface area contributed by atoms with Crippen LogP contribution in [0.5, 0.6) is 5.75 Å². The van der Waals surface area contributed by atoms with Crippen LogP contribution in [0.25, 0.3) is 0 Å². The lowest BCUT2D eigenvalue weighted by Crippen LogP contribution is -2.36. The maximum Gasteiger partial charge on any atom is 0.162 e. The van der Waals surface area contributed by atoms with E-state index < -0.39 is 0 Å². The summed E-state index contributed by atoms with van der Waals surface area (Å²) >= 11 is 0. The number of rotatable bonds is 4. The second kappa shape index (κ2) is 6.00. The molecule has 1 aromatic carbocycles. The minimum atomic E-state index is 0.0976. The molecule has 0 bridgehead atoms. The summed E-state index contributed by atoms with van der Waals surface area (Å²) < 4.78 is 5.33. The Morgan fingerprint density at radius 2 is 2.40 bits per heavy atom. The zero-order chi connectivity index (χ0) is 13.8. The molecule has 2 aromatic rings. The maximum atomic E-state index is 5.33. The van der Waals surface area contributed by atoms with E-state index in [1.165, 1.54) is 12.7 Å². The third kappa shape index (κ3) is 2.65. The highest BCUT2D eigenvalue weighted by molar-refractivity contribution is 5.31. The molecule has 6 heteroatoms. The summed E-state index contributed by atoms with van der Waals surface area (Å²) in [6.07, 6.45) is 3.83. The molecule has 0 amide bonds. The van der Waals surface area contributed by atoms with Crippen LogP contribution >= 0.6 is 0 Å². The first-order valence-corrected chi connectivity index (χ1v) is 6.95. The van der Waals surface area contributed by atoms with Gasteiger partial charge in [0.05, 0.1) is 7.11 Å². The summed E-state index contributed by atoms with van der Waals surface area (Å²) in [5.74, 6) is 1.32. The second-order valence-corrected chi connectivity index (χ2v) is 5.08. The molecule has 1 saturated heterocycles. The van der Waals surface area contributed by atoms with E-state index in [0.29, 0.717) is 5.92 Å². The number of methoxy groups -OCH3 is 1. The third-order valence-electron chi connectivity index (χ3n) is 3.83. The SMILES string of the molecule is COc1cccc([C@@H]([C@H]2CCCNC2)n2ncnn2)c1. The highest BCUT2D eigenvalue weighted by Gasteiger charge is 2.28. The zero-order valence-corrected chi connectivity index (χ0v) is 11.6. The largest absolute Gasteiger partial charge is 0.497 e. The molecule has 1 N–H and O–H groups in total. The minimum Gasteiger partial charge on any atom is -0.497 e. The zero-order valence-electron chi connectivity index (χ0n) is 11.6. The van der Waals surface area contributed by atoms with E-state index in [1.54, 1.807) is 11.9 Å². The van der Waals surface area contributed by atoms with Crippen molar-refractivity contribution in [1.82, 2.24) is 25.5 Å². The molecule has 20 heavy (non-hydrogen) atoms. The van der Waals surface area contributed by atoms with Crippen LogP contribution in [0.3, 0.4) is 0 Å². The van der Waals surface area contributed by atoms with Crippen LogP contribution in [0.4, 0.5) is 0 Å². The number of aromatic nitrogens is 4. The number of tetrazole rings is 1. The van der Waals surface area contributed by atoms with E-state index in [0.717, 1.165) is 30.8 Å². The van der Waals surface area contributed by atoms with Crippen molar-refractivity contribution < 1.29 is 4.74 Å². The summed E-state index contributed by atoms with van der Waals surface area (Å²) in [4.78, 5) is 1.71. The molecule has 0 radical (unpaired) electrons. The van der Waals surface area contributed by atoms with Gasteiger partial charge < -0.3 is 10.1 Å². The first-order chi connectivity index (χ1) is 9.88. The highest BCUT2D eigenvalue weighted by Crippen LogP contribution is 2.31. The van der Waals surface area contributed by atoms with Gasteiger partial charge in [0.1, 0.15) is 11.8 Å². The van der Waals surface area contributed by atoms with E-state index in [2.05, 4.69) is 32.9 Å². The van der Waals surface area contributed by atoms with Crippen molar-refractivity contribution in [3.63, 3.8) is 0 Å². The standard InChI is InChI=1S/C14H19N5O/c1-20-13-6-2-4-11(8-13)14(19-17-10-16-18-19)12-5-3-7-15-9-12/h2,4,6,8,10,12,14-15H,3,5,7,9H2,1H3/t12-,14-/m0/s1. The van der Waals surface area contributed by atoms with Crippen LogP contribution < -0.4 is 10.1 Å². The fourth-order valence-electron chi connectivity index (χ4n) is 2.87. The highest BCUT2D eigenvalue weighted by atomic mass is 16.5. The van der Waals surface area contributed by atoms with Crippen LogP contribution in [-0.2, 0) is 0 Å². The number of ether oxygens (including phenoxy) is 1. The quantitative estimate of drug-likeness (QED) is 0.909. The summed E-state index contributed by atoms with van der Waals surface area (Å²) in [7, 11) is 1.68. The van der Waals surface area contributed by atoms with E-state index in [1.807, 2.05) is 12.1 Å². The van der Waals surface area contributed by atoms with Gasteiger partial charge in [0.25, 0.3) is 0 Å². The average molecular weight is 273 g/mol. The first-order valence-electron chi connectivity index (χ1n) is 6.95. The van der Waals surface area contributed by atoms with Gasteiger partial charge in [-0.2, -0.15) is 4.80 Å². The summed E-state index contributed by atoms with van der Waals surface area (Å²) in [5, 5.41) is 15.7. The Bertz CT molecular complexity index is 536. The van der Waals surface area contributed by atoms with Crippen molar-refractivity contribution in [3.8, 4) is 5.75 Å². The Morgan fingerprint density at radius 3 is 3.10 bits per heavy atom. The second-order valence-electron chi connectivity index (χ2n) is 5.08. The molecule has 0 unspecified atom stereocenters. The van der Waals surface area contributed by atoms with Crippen molar-refractivity contribution in [2.75, 3.05) is 20.2 Å². The topological polar surface area (TPSA) is 64.9 Å². The number of benzene rings is 1. The molecule has 2 atom stereocenters. The normalized spacial score (nSPS) is 20.6. The summed E-state index contributed by atoms with van der Waals surface area (Å²) in [6.45, 7) is 2.07. The average Bonchev–Trinajstić information content (AvgIpc) is 3.03. The first kappa shape index (κ1) is 13.1. The van der Waals surface area contributed by atoms with Crippen LogP contribution in [0.2, 0.25) is 0 Å². The van der Waals surface area contributed by atoms with Crippen molar-refractivity contribution in [1.29, 1.82) is 0 Å². The molecule has 1 fully saturated rings. The molecule has 3 rings (SSSR count). The molecule has 1 aliphatic rings. The fourth-order valence-corrected chi connectivity index (χ4v) is 2.87. The summed E-state index contributed by atoms with van der Waals surface area (Å²) in [6, 6.07) is 8.22. The molecule has 1 aromatic heterocycles. The van der Waals surface area contributed by atoms with Gasteiger partial charge >= 0.3 is 0 Å². The van der Waals surface area contributed by atoms with Gasteiger partial charge in [-0.05, 0) is 48.2 Å². The molecule has 106 valence electrons. The van der Waals surface area contributed by atoms with Gasteiger partial charge in [0, 0.05) is 6.54 Å². The number of nitrogens with one attached hydrogen (secondary N) is 1. The van der Waals surface area contributed by atoms with Gasteiger partial charge in [-0.1, -0.05) is 12.1 Å². The molecular weight excluding hydrogens is 254 g/mol. The Hall–Kier alpha value is -1.95. The lowest BCUT2D eigenvalue weighted by atomic mass is 9.87. The van der Waals surface area contributed by atoms with Crippen LogP contribution in [-0.4, -0.2) is 40.4 Å². The number of nitrogens with zero attached hydrogens (tertiary/aromatic N) is 4. The molecule has 6 nitrogen and oxygen atoms in total. The van der Waals surface area contributed by atoms with Crippen molar-refractivity contribution in [3.05, 3.63) is 36.2 Å². The van der Waals surface area contributed by atoms with Crippen LogP contribution in [0.1, 0.15) is 24.4 Å². The van der Waals surface area contributed by atoms with E-state index in [-0.39, 0.29) is 6.04 Å². The molecule has 2 heterocycles. The van der Waals surface area contributed by atoms with Crippen molar-refractivity contribution >= 4 is 0 Å². The van der Waals surface area contributed by atoms with E-state index >= 15 is 0 Å². The monoisotopic (exact) mass is 273 g/mol. The van der Waals surface area contributed by atoms with Crippen LogP contribution in [0.15, 0.2) is 30.6 Å². The predicted molar refractivity (Wildman–Crippen MR) is 74.5 cm³/mol.